The number of aromatic nitrogens is 2. The molecule has 4 atom stereocenters. The molecular weight excluding hydrogens is 502 g/mol. The quantitative estimate of drug-likeness (QED) is 0.325. The number of carbonyl (C=O) groups excluding carboxylic acids is 2. The van der Waals surface area contributed by atoms with Gasteiger partial charge in [0.1, 0.15) is 12.3 Å². The topological polar surface area (TPSA) is 128 Å². The molecule has 1 aromatic carbocycles. The third-order valence-electron chi connectivity index (χ3n) is 6.70. The highest BCUT2D eigenvalue weighted by molar-refractivity contribution is 7.13. The van der Waals surface area contributed by atoms with Crippen molar-refractivity contribution < 1.29 is 19.8 Å². The highest BCUT2D eigenvalue weighted by atomic mass is 32.1. The van der Waals surface area contributed by atoms with Gasteiger partial charge in [0.25, 0.3) is 0 Å². The van der Waals surface area contributed by atoms with Crippen LogP contribution < -0.4 is 10.6 Å². The van der Waals surface area contributed by atoms with E-state index in [0.29, 0.717) is 12.2 Å². The zero-order valence-corrected chi connectivity index (χ0v) is 22.9. The van der Waals surface area contributed by atoms with Crippen LogP contribution in [0.2, 0.25) is 0 Å². The number of carbonyl (C=O) groups is 2. The number of hydrogen-bond donors (Lipinski definition) is 4. The summed E-state index contributed by atoms with van der Waals surface area (Å²) >= 11 is 1.59. The van der Waals surface area contributed by atoms with E-state index in [9.17, 15) is 19.8 Å². The lowest BCUT2D eigenvalue weighted by Crippen LogP contribution is -2.57. The Balaban J connectivity index is 1.43. The van der Waals surface area contributed by atoms with Gasteiger partial charge in [0, 0.05) is 25.7 Å². The first-order valence-electron chi connectivity index (χ1n) is 12.7. The third-order valence-corrected chi connectivity index (χ3v) is 7.68. The summed E-state index contributed by atoms with van der Waals surface area (Å²) in [6, 6.07) is 11.5. The standard InChI is InChI=1S/C28H35N5O4S/c1-17-23(38-16-31-17)19-10-8-18(9-11-19)14-30-26(36)22-13-20(34)15-33(22)27(37)24(28(2,3)4)32-25(35)21-7-5-6-12-29-21/h5-12,16,20,22,24-25,32,34-35H,13-15H2,1-4H3,(H,30,36)/t20-,22+,24-,25?/m1/s1. The first-order chi connectivity index (χ1) is 18.0. The van der Waals surface area contributed by atoms with Crippen molar-refractivity contribution in [3.63, 3.8) is 0 Å². The molecule has 1 saturated heterocycles. The molecule has 0 bridgehead atoms. The number of rotatable bonds is 8. The second-order valence-electron chi connectivity index (χ2n) is 10.7. The van der Waals surface area contributed by atoms with Crippen LogP contribution in [0.5, 0.6) is 0 Å². The molecule has 4 rings (SSSR count). The fourth-order valence-corrected chi connectivity index (χ4v) is 5.42. The number of hydrogen-bond acceptors (Lipinski definition) is 8. The van der Waals surface area contributed by atoms with Crippen molar-refractivity contribution in [2.45, 2.75) is 65.1 Å². The number of likely N-dealkylation sites (tertiary alicyclic amines) is 1. The molecule has 1 aliphatic heterocycles. The Bertz CT molecular complexity index is 1240. The van der Waals surface area contributed by atoms with Gasteiger partial charge in [0.15, 0.2) is 0 Å². The van der Waals surface area contributed by atoms with Gasteiger partial charge in [-0.15, -0.1) is 11.3 Å². The first-order valence-corrected chi connectivity index (χ1v) is 13.5. The van der Waals surface area contributed by atoms with E-state index in [-0.39, 0.29) is 24.8 Å². The van der Waals surface area contributed by atoms with Crippen LogP contribution in [0.4, 0.5) is 0 Å². The Hall–Kier alpha value is -3.18. The molecule has 2 amide bonds. The van der Waals surface area contributed by atoms with E-state index in [1.165, 1.54) is 4.90 Å². The maximum Gasteiger partial charge on any atom is 0.243 e. The number of nitrogens with zero attached hydrogens (tertiary/aromatic N) is 3. The molecule has 9 nitrogen and oxygen atoms in total. The van der Waals surface area contributed by atoms with E-state index in [4.69, 9.17) is 0 Å². The summed E-state index contributed by atoms with van der Waals surface area (Å²) in [5.74, 6) is -0.677. The predicted octanol–water partition coefficient (Wildman–Crippen LogP) is 2.79. The second-order valence-corrected chi connectivity index (χ2v) is 11.6. The molecule has 2 aromatic heterocycles. The van der Waals surface area contributed by atoms with Crippen LogP contribution >= 0.6 is 11.3 Å². The molecule has 4 N–H and O–H groups in total. The van der Waals surface area contributed by atoms with Crippen LogP contribution in [0.3, 0.4) is 0 Å². The number of nitrogens with one attached hydrogen (secondary N) is 2. The summed E-state index contributed by atoms with van der Waals surface area (Å²) in [6.07, 6.45) is -0.251. The van der Waals surface area contributed by atoms with Gasteiger partial charge in [0.2, 0.25) is 11.8 Å². The van der Waals surface area contributed by atoms with Gasteiger partial charge in [-0.25, -0.2) is 4.98 Å². The normalized spacial score (nSPS) is 19.3. The Morgan fingerprint density at radius 3 is 2.50 bits per heavy atom. The van der Waals surface area contributed by atoms with Gasteiger partial charge in [-0.1, -0.05) is 51.1 Å². The second kappa shape index (κ2) is 11.7. The molecule has 0 radical (unpaired) electrons. The number of benzene rings is 1. The summed E-state index contributed by atoms with van der Waals surface area (Å²) in [5.41, 5.74) is 4.61. The smallest absolute Gasteiger partial charge is 0.243 e. The fourth-order valence-electron chi connectivity index (χ4n) is 4.60. The first kappa shape index (κ1) is 27.8. The number of β-amino-alcohol motifs (C(OH)–C–C–N with tert-alkyl or cyclic N) is 1. The van der Waals surface area contributed by atoms with E-state index >= 15 is 0 Å². The monoisotopic (exact) mass is 537 g/mol. The Labute approximate surface area is 226 Å². The van der Waals surface area contributed by atoms with Gasteiger partial charge in [-0.2, -0.15) is 0 Å². The molecule has 1 unspecified atom stereocenters. The summed E-state index contributed by atoms with van der Waals surface area (Å²) in [6.45, 7) is 7.97. The van der Waals surface area contributed by atoms with Gasteiger partial charge in [0.05, 0.1) is 33.9 Å². The molecule has 1 aliphatic rings. The van der Waals surface area contributed by atoms with Crippen molar-refractivity contribution in [3.8, 4) is 10.4 Å². The summed E-state index contributed by atoms with van der Waals surface area (Å²) in [5, 5.41) is 27.0. The molecule has 0 saturated carbocycles. The van der Waals surface area contributed by atoms with E-state index in [0.717, 1.165) is 21.7 Å². The largest absolute Gasteiger partial charge is 0.391 e. The van der Waals surface area contributed by atoms with Crippen molar-refractivity contribution >= 4 is 23.2 Å². The number of aryl methyl sites for hydroxylation is 1. The average Bonchev–Trinajstić information content (AvgIpc) is 3.50. The van der Waals surface area contributed by atoms with Gasteiger partial charge in [-0.05, 0) is 35.6 Å². The number of amides is 2. The van der Waals surface area contributed by atoms with Gasteiger partial charge in [-0.3, -0.25) is 19.9 Å². The van der Waals surface area contributed by atoms with E-state index in [1.807, 2.05) is 57.5 Å². The van der Waals surface area contributed by atoms with Crippen LogP contribution in [0.25, 0.3) is 10.4 Å². The molecular formula is C28H35N5O4S. The van der Waals surface area contributed by atoms with Crippen molar-refractivity contribution in [2.24, 2.45) is 5.41 Å². The highest BCUT2D eigenvalue weighted by Gasteiger charge is 2.44. The van der Waals surface area contributed by atoms with E-state index < -0.39 is 29.8 Å². The molecule has 38 heavy (non-hydrogen) atoms. The highest BCUT2D eigenvalue weighted by Crippen LogP contribution is 2.29. The maximum absolute atomic E-state index is 13.7. The zero-order valence-electron chi connectivity index (χ0n) is 22.1. The number of aliphatic hydroxyl groups is 2. The molecule has 202 valence electrons. The number of pyridine rings is 1. The summed E-state index contributed by atoms with van der Waals surface area (Å²) in [4.78, 5) is 37.9. The van der Waals surface area contributed by atoms with Crippen LogP contribution in [0.1, 0.15) is 50.4 Å². The van der Waals surface area contributed by atoms with Crippen molar-refractivity contribution in [1.82, 2.24) is 25.5 Å². The molecule has 3 aromatic rings. The molecule has 10 heteroatoms. The average molecular weight is 538 g/mol. The van der Waals surface area contributed by atoms with Crippen LogP contribution in [0.15, 0.2) is 54.2 Å². The fraction of sp³-hybridized carbons (Fsp3) is 0.429. The van der Waals surface area contributed by atoms with Gasteiger partial charge >= 0.3 is 0 Å². The Morgan fingerprint density at radius 2 is 1.89 bits per heavy atom. The minimum absolute atomic E-state index is 0.0494. The van der Waals surface area contributed by atoms with Crippen LogP contribution in [0, 0.1) is 12.3 Å². The minimum atomic E-state index is -1.17. The zero-order chi connectivity index (χ0) is 27.4. The number of aliphatic hydroxyl groups excluding tert-OH is 2. The SMILES string of the molecule is Cc1ncsc1-c1ccc(CNC(=O)[C@@H]2C[C@@H](O)CN2C(=O)[C@@H](NC(O)c2ccccn2)C(C)(C)C)cc1. The van der Waals surface area contributed by atoms with Gasteiger partial charge < -0.3 is 20.4 Å². The van der Waals surface area contributed by atoms with Crippen molar-refractivity contribution in [3.05, 3.63) is 71.1 Å². The Kier molecular flexibility index (Phi) is 8.57. The van der Waals surface area contributed by atoms with Crippen LogP contribution in [-0.2, 0) is 16.1 Å². The predicted molar refractivity (Wildman–Crippen MR) is 146 cm³/mol. The lowest BCUT2D eigenvalue weighted by molar-refractivity contribution is -0.143. The molecule has 1 fully saturated rings. The number of thiazole rings is 1. The molecule has 0 spiro atoms. The summed E-state index contributed by atoms with van der Waals surface area (Å²) in [7, 11) is 0. The maximum atomic E-state index is 13.7. The van der Waals surface area contributed by atoms with E-state index in [1.54, 1.807) is 35.7 Å². The van der Waals surface area contributed by atoms with Crippen LogP contribution in [-0.4, -0.2) is 61.6 Å². The molecule has 3 heterocycles. The lowest BCUT2D eigenvalue weighted by atomic mass is 9.85. The van der Waals surface area contributed by atoms with Crippen molar-refractivity contribution in [2.75, 3.05) is 6.54 Å². The molecule has 0 aliphatic carbocycles. The lowest BCUT2D eigenvalue weighted by Gasteiger charge is -2.36. The van der Waals surface area contributed by atoms with Crippen molar-refractivity contribution in [1.29, 1.82) is 0 Å². The van der Waals surface area contributed by atoms with E-state index in [2.05, 4.69) is 20.6 Å². The summed E-state index contributed by atoms with van der Waals surface area (Å²) < 4.78 is 0. The minimum Gasteiger partial charge on any atom is -0.391 e. The third kappa shape index (κ3) is 6.44. The Morgan fingerprint density at radius 1 is 1.16 bits per heavy atom.